The van der Waals surface area contributed by atoms with Gasteiger partial charge >= 0.3 is 11.9 Å². The highest BCUT2D eigenvalue weighted by atomic mass is 16.4. The number of rotatable bonds is 5. The summed E-state index contributed by atoms with van der Waals surface area (Å²) in [7, 11) is 0. The van der Waals surface area contributed by atoms with Crippen LogP contribution in [0.2, 0.25) is 0 Å². The van der Waals surface area contributed by atoms with Gasteiger partial charge in [-0.1, -0.05) is 30.3 Å². The monoisotopic (exact) mass is 303 g/mol. The fraction of sp³-hybridized carbons (Fsp3) is 0.438. The van der Waals surface area contributed by atoms with Crippen molar-refractivity contribution in [3.05, 3.63) is 35.9 Å². The number of carbonyl (C=O) groups is 3. The minimum Gasteiger partial charge on any atom is -0.481 e. The van der Waals surface area contributed by atoms with Crippen molar-refractivity contribution in [1.29, 1.82) is 0 Å². The van der Waals surface area contributed by atoms with Gasteiger partial charge in [-0.2, -0.15) is 0 Å². The first-order valence-electron chi connectivity index (χ1n) is 7.09. The second-order valence-corrected chi connectivity index (χ2v) is 6.65. The Morgan fingerprint density at radius 1 is 1.05 bits per heavy atom. The van der Waals surface area contributed by atoms with Crippen molar-refractivity contribution >= 4 is 17.8 Å². The number of aliphatic carboxylic acids is 2. The summed E-state index contributed by atoms with van der Waals surface area (Å²) in [6.45, 7) is 1.45. The lowest BCUT2D eigenvalue weighted by Crippen LogP contribution is -2.72. The van der Waals surface area contributed by atoms with Crippen LogP contribution in [-0.2, 0) is 19.9 Å². The maximum absolute atomic E-state index is 12.5. The van der Waals surface area contributed by atoms with E-state index in [1.54, 1.807) is 30.3 Å². The molecule has 2 bridgehead atoms. The predicted molar refractivity (Wildman–Crippen MR) is 75.9 cm³/mol. The van der Waals surface area contributed by atoms with E-state index in [0.717, 1.165) is 0 Å². The van der Waals surface area contributed by atoms with Crippen LogP contribution in [0.1, 0.15) is 31.7 Å². The van der Waals surface area contributed by atoms with E-state index in [1.807, 2.05) is 0 Å². The predicted octanol–water partition coefficient (Wildman–Crippen LogP) is 1.36. The van der Waals surface area contributed by atoms with Crippen molar-refractivity contribution in [2.75, 3.05) is 0 Å². The van der Waals surface area contributed by atoms with E-state index >= 15 is 0 Å². The molecule has 3 N–H and O–H groups in total. The van der Waals surface area contributed by atoms with Crippen molar-refractivity contribution in [3.8, 4) is 0 Å². The highest BCUT2D eigenvalue weighted by molar-refractivity contribution is 5.96. The first-order chi connectivity index (χ1) is 10.2. The van der Waals surface area contributed by atoms with Crippen molar-refractivity contribution in [1.82, 2.24) is 5.32 Å². The average molecular weight is 303 g/mol. The van der Waals surface area contributed by atoms with Crippen LogP contribution < -0.4 is 5.32 Å². The summed E-state index contributed by atoms with van der Waals surface area (Å²) in [5, 5.41) is 21.2. The third kappa shape index (κ3) is 1.76. The number of hydrogen-bond donors (Lipinski definition) is 3. The number of hydrogen-bond acceptors (Lipinski definition) is 3. The third-order valence-electron chi connectivity index (χ3n) is 5.11. The Hall–Kier alpha value is -2.37. The number of carboxylic acids is 2. The maximum Gasteiger partial charge on any atom is 0.333 e. The molecular formula is C16H17NO5. The smallest absolute Gasteiger partial charge is 0.333 e. The molecule has 6 heteroatoms. The van der Waals surface area contributed by atoms with E-state index in [9.17, 15) is 19.5 Å². The summed E-state index contributed by atoms with van der Waals surface area (Å²) in [6, 6.07) is 8.49. The lowest BCUT2D eigenvalue weighted by atomic mass is 9.35. The highest BCUT2D eigenvalue weighted by Crippen LogP contribution is 2.73. The summed E-state index contributed by atoms with van der Waals surface area (Å²) in [4.78, 5) is 35.2. The third-order valence-corrected chi connectivity index (χ3v) is 5.11. The summed E-state index contributed by atoms with van der Waals surface area (Å²) < 4.78 is 0. The van der Waals surface area contributed by atoms with Crippen LogP contribution in [0.25, 0.3) is 0 Å². The SMILES string of the molecule is CC(NC(=O)C12CC(C(=O)O)(C1)C2)(C(=O)O)c1ccccc1. The molecule has 0 spiro atoms. The summed E-state index contributed by atoms with van der Waals surface area (Å²) in [5.74, 6) is -2.39. The Bertz CT molecular complexity index is 649. The van der Waals surface area contributed by atoms with Gasteiger partial charge in [-0.25, -0.2) is 4.79 Å². The Morgan fingerprint density at radius 3 is 2.05 bits per heavy atom. The lowest BCUT2D eigenvalue weighted by Gasteiger charge is -2.66. The summed E-state index contributed by atoms with van der Waals surface area (Å²) in [6.07, 6.45) is 0.892. The molecule has 116 valence electrons. The van der Waals surface area contributed by atoms with Gasteiger partial charge in [0.25, 0.3) is 0 Å². The van der Waals surface area contributed by atoms with Gasteiger partial charge in [0.2, 0.25) is 5.91 Å². The Balaban J connectivity index is 1.78. The molecule has 3 fully saturated rings. The van der Waals surface area contributed by atoms with Crippen LogP contribution >= 0.6 is 0 Å². The molecule has 1 aromatic rings. The Kier molecular flexibility index (Phi) is 2.86. The topological polar surface area (TPSA) is 104 Å². The molecule has 1 atom stereocenters. The lowest BCUT2D eigenvalue weighted by molar-refractivity contribution is -0.221. The van der Waals surface area contributed by atoms with Gasteiger partial charge in [0, 0.05) is 0 Å². The van der Waals surface area contributed by atoms with E-state index in [-0.39, 0.29) is 5.91 Å². The van der Waals surface area contributed by atoms with Gasteiger partial charge in [0.1, 0.15) is 0 Å². The Labute approximate surface area is 127 Å². The van der Waals surface area contributed by atoms with E-state index < -0.39 is 28.3 Å². The van der Waals surface area contributed by atoms with Gasteiger partial charge in [0.15, 0.2) is 5.54 Å². The first-order valence-corrected chi connectivity index (χ1v) is 7.09. The van der Waals surface area contributed by atoms with Crippen LogP contribution in [0, 0.1) is 10.8 Å². The zero-order valence-electron chi connectivity index (χ0n) is 12.1. The van der Waals surface area contributed by atoms with Crippen molar-refractivity contribution in [2.24, 2.45) is 10.8 Å². The summed E-state index contributed by atoms with van der Waals surface area (Å²) in [5.41, 5.74) is -2.51. The number of carbonyl (C=O) groups excluding carboxylic acids is 1. The zero-order valence-corrected chi connectivity index (χ0v) is 12.1. The van der Waals surface area contributed by atoms with Gasteiger partial charge < -0.3 is 15.5 Å². The van der Waals surface area contributed by atoms with Gasteiger partial charge in [0.05, 0.1) is 10.8 Å². The van der Waals surface area contributed by atoms with E-state index in [4.69, 9.17) is 5.11 Å². The molecule has 0 radical (unpaired) electrons. The van der Waals surface area contributed by atoms with Crippen molar-refractivity contribution < 1.29 is 24.6 Å². The van der Waals surface area contributed by atoms with Crippen LogP contribution in [0.15, 0.2) is 30.3 Å². The van der Waals surface area contributed by atoms with Crippen LogP contribution in [0.5, 0.6) is 0 Å². The zero-order chi connectivity index (χ0) is 16.2. The second-order valence-electron chi connectivity index (χ2n) is 6.65. The first kappa shape index (κ1) is 14.6. The van der Waals surface area contributed by atoms with Crippen molar-refractivity contribution in [3.63, 3.8) is 0 Å². The van der Waals surface area contributed by atoms with E-state index in [0.29, 0.717) is 24.8 Å². The fourth-order valence-corrected chi connectivity index (χ4v) is 3.64. The fourth-order valence-electron chi connectivity index (χ4n) is 3.64. The van der Waals surface area contributed by atoms with Crippen molar-refractivity contribution in [2.45, 2.75) is 31.7 Å². The quantitative estimate of drug-likeness (QED) is 0.762. The maximum atomic E-state index is 12.5. The van der Waals surface area contributed by atoms with Gasteiger partial charge in [-0.3, -0.25) is 9.59 Å². The molecular weight excluding hydrogens is 286 g/mol. The van der Waals surface area contributed by atoms with Crippen LogP contribution in [-0.4, -0.2) is 28.1 Å². The molecule has 22 heavy (non-hydrogen) atoms. The minimum absolute atomic E-state index is 0.297. The largest absolute Gasteiger partial charge is 0.481 e. The minimum atomic E-state index is -1.52. The average Bonchev–Trinajstić information content (AvgIpc) is 2.35. The molecule has 0 aliphatic heterocycles. The number of carboxylic acid groups (broad SMARTS) is 2. The van der Waals surface area contributed by atoms with E-state index in [1.165, 1.54) is 6.92 Å². The summed E-state index contributed by atoms with van der Waals surface area (Å²) >= 11 is 0. The van der Waals surface area contributed by atoms with Gasteiger partial charge in [-0.05, 0) is 31.7 Å². The van der Waals surface area contributed by atoms with Crippen LogP contribution in [0.4, 0.5) is 0 Å². The molecule has 0 heterocycles. The molecule has 0 aromatic heterocycles. The number of amides is 1. The molecule has 0 saturated heterocycles. The molecule has 1 aromatic carbocycles. The molecule has 6 nitrogen and oxygen atoms in total. The standard InChI is InChI=1S/C16H17NO5/c1-14(12(19)20,10-5-3-2-4-6-10)17-11(18)15-7-16(8-15,9-15)13(21)22/h2-6H,7-9H2,1H3,(H,17,18)(H,19,20)(H,21,22). The molecule has 3 saturated carbocycles. The second kappa shape index (κ2) is 4.32. The molecule has 4 rings (SSSR count). The number of nitrogens with one attached hydrogen (secondary N) is 1. The highest BCUT2D eigenvalue weighted by Gasteiger charge is 2.75. The molecule has 1 unspecified atom stereocenters. The molecule has 3 aliphatic rings. The van der Waals surface area contributed by atoms with Gasteiger partial charge in [-0.15, -0.1) is 0 Å². The van der Waals surface area contributed by atoms with Crippen LogP contribution in [0.3, 0.4) is 0 Å². The molecule has 1 amide bonds. The molecule has 3 aliphatic carbocycles. The normalized spacial score (nSPS) is 31.1. The number of benzene rings is 1. The van der Waals surface area contributed by atoms with E-state index in [2.05, 4.69) is 5.32 Å². The Morgan fingerprint density at radius 2 is 1.59 bits per heavy atom.